The first kappa shape index (κ1) is 14.7. The Morgan fingerprint density at radius 2 is 1.94 bits per heavy atom. The lowest BCUT2D eigenvalue weighted by atomic mass is 9.89. The van der Waals surface area contributed by atoms with E-state index < -0.39 is 0 Å². The summed E-state index contributed by atoms with van der Waals surface area (Å²) < 4.78 is 0. The van der Waals surface area contributed by atoms with Crippen LogP contribution in [-0.2, 0) is 6.54 Å². The smallest absolute Gasteiger partial charge is 0.251 e. The van der Waals surface area contributed by atoms with Gasteiger partial charge in [0.2, 0.25) is 0 Å². The highest BCUT2D eigenvalue weighted by Crippen LogP contribution is 2.18. The van der Waals surface area contributed by atoms with Gasteiger partial charge in [-0.2, -0.15) is 0 Å². The third kappa shape index (κ3) is 4.47. The Hall–Kier alpha value is -1.39. The number of amides is 1. The molecule has 0 spiro atoms. The number of hydrogen-bond acceptors (Lipinski definition) is 3. The summed E-state index contributed by atoms with van der Waals surface area (Å²) in [5.41, 5.74) is 7.04. The molecule has 1 aromatic carbocycles. The molecule has 0 aliphatic rings. The molecule has 0 aliphatic heterocycles. The minimum atomic E-state index is -0.0956. The molecule has 0 fully saturated rings. The van der Waals surface area contributed by atoms with E-state index in [1.165, 1.54) is 0 Å². The fourth-order valence-electron chi connectivity index (χ4n) is 1.60. The lowest BCUT2D eigenvalue weighted by Crippen LogP contribution is -2.34. The Bertz CT molecular complexity index is 385. The van der Waals surface area contributed by atoms with Gasteiger partial charge in [-0.25, -0.2) is 0 Å². The summed E-state index contributed by atoms with van der Waals surface area (Å²) in [7, 11) is 0. The van der Waals surface area contributed by atoms with Crippen LogP contribution in [0.5, 0.6) is 0 Å². The molecule has 0 unspecified atom stereocenters. The number of hydrogen-bond donors (Lipinski definition) is 3. The summed E-state index contributed by atoms with van der Waals surface area (Å²) in [6.45, 7) is 5.19. The summed E-state index contributed by atoms with van der Waals surface area (Å²) in [6.07, 6.45) is 0.666. The van der Waals surface area contributed by atoms with Crippen molar-refractivity contribution in [3.8, 4) is 0 Å². The van der Waals surface area contributed by atoms with Crippen LogP contribution in [0.15, 0.2) is 24.3 Å². The molecule has 4 N–H and O–H groups in total. The normalized spacial score (nSPS) is 11.3. The van der Waals surface area contributed by atoms with E-state index in [4.69, 9.17) is 10.8 Å². The number of rotatable bonds is 6. The van der Waals surface area contributed by atoms with Crippen molar-refractivity contribution in [3.63, 3.8) is 0 Å². The molecule has 0 heterocycles. The molecule has 0 atom stereocenters. The fourth-order valence-corrected chi connectivity index (χ4v) is 1.60. The lowest BCUT2D eigenvalue weighted by Gasteiger charge is -2.23. The molecule has 0 saturated heterocycles. The van der Waals surface area contributed by atoms with E-state index in [2.05, 4.69) is 5.32 Å². The molecule has 0 bridgehead atoms. The van der Waals surface area contributed by atoms with Gasteiger partial charge in [-0.1, -0.05) is 26.0 Å². The van der Waals surface area contributed by atoms with E-state index in [9.17, 15) is 4.79 Å². The van der Waals surface area contributed by atoms with E-state index in [1.807, 2.05) is 26.0 Å². The molecule has 0 radical (unpaired) electrons. The summed E-state index contributed by atoms with van der Waals surface area (Å²) in [6, 6.07) is 7.26. The lowest BCUT2D eigenvalue weighted by molar-refractivity contribution is 0.0928. The Labute approximate surface area is 108 Å². The van der Waals surface area contributed by atoms with Crippen molar-refractivity contribution in [2.45, 2.75) is 26.8 Å². The van der Waals surface area contributed by atoms with Gasteiger partial charge in [0, 0.05) is 25.3 Å². The van der Waals surface area contributed by atoms with Gasteiger partial charge >= 0.3 is 0 Å². The molecule has 0 aliphatic carbocycles. The zero-order chi connectivity index (χ0) is 13.6. The average Bonchev–Trinajstić information content (AvgIpc) is 2.36. The van der Waals surface area contributed by atoms with Crippen LogP contribution in [-0.4, -0.2) is 24.2 Å². The molecule has 18 heavy (non-hydrogen) atoms. The molecule has 4 heteroatoms. The predicted molar refractivity (Wildman–Crippen MR) is 72.2 cm³/mol. The van der Waals surface area contributed by atoms with Gasteiger partial charge in [0.1, 0.15) is 0 Å². The number of nitrogens with one attached hydrogen (secondary N) is 1. The van der Waals surface area contributed by atoms with Gasteiger partial charge in [0.25, 0.3) is 5.91 Å². The largest absolute Gasteiger partial charge is 0.396 e. The maximum Gasteiger partial charge on any atom is 0.251 e. The predicted octanol–water partition coefficient (Wildman–Crippen LogP) is 1.28. The van der Waals surface area contributed by atoms with Gasteiger partial charge < -0.3 is 16.2 Å². The third-order valence-corrected chi connectivity index (χ3v) is 2.97. The number of carbonyl (C=O) groups is 1. The van der Waals surface area contributed by atoms with E-state index in [0.717, 1.165) is 5.56 Å². The number of aliphatic hydroxyl groups excluding tert-OH is 1. The van der Waals surface area contributed by atoms with Gasteiger partial charge in [0.05, 0.1) is 0 Å². The molecule has 0 aromatic heterocycles. The number of nitrogens with two attached hydrogens (primary N) is 1. The Kier molecular flexibility index (Phi) is 5.31. The minimum Gasteiger partial charge on any atom is -0.396 e. The highest BCUT2D eigenvalue weighted by molar-refractivity contribution is 5.94. The summed E-state index contributed by atoms with van der Waals surface area (Å²) in [4.78, 5) is 11.9. The Balaban J connectivity index is 2.54. The van der Waals surface area contributed by atoms with Crippen LogP contribution in [0.2, 0.25) is 0 Å². The zero-order valence-electron chi connectivity index (χ0n) is 11.1. The van der Waals surface area contributed by atoms with Crippen LogP contribution in [0, 0.1) is 5.41 Å². The van der Waals surface area contributed by atoms with Crippen molar-refractivity contribution in [3.05, 3.63) is 35.4 Å². The quantitative estimate of drug-likeness (QED) is 0.712. The topological polar surface area (TPSA) is 75.3 Å². The van der Waals surface area contributed by atoms with Gasteiger partial charge in [-0.15, -0.1) is 0 Å². The van der Waals surface area contributed by atoms with Crippen LogP contribution in [0.3, 0.4) is 0 Å². The van der Waals surface area contributed by atoms with E-state index >= 15 is 0 Å². The number of benzene rings is 1. The van der Waals surface area contributed by atoms with Crippen molar-refractivity contribution in [2.75, 3.05) is 13.2 Å². The molecule has 4 nitrogen and oxygen atoms in total. The number of carbonyl (C=O) groups excluding carboxylic acids is 1. The summed E-state index contributed by atoms with van der Waals surface area (Å²) >= 11 is 0. The molecular formula is C14H22N2O2. The van der Waals surface area contributed by atoms with Crippen molar-refractivity contribution in [1.29, 1.82) is 0 Å². The fraction of sp³-hybridized carbons (Fsp3) is 0.500. The van der Waals surface area contributed by atoms with Crippen molar-refractivity contribution in [2.24, 2.45) is 11.1 Å². The maximum atomic E-state index is 11.9. The Morgan fingerprint density at radius 3 is 2.44 bits per heavy atom. The maximum absolute atomic E-state index is 11.9. The van der Waals surface area contributed by atoms with Crippen molar-refractivity contribution >= 4 is 5.91 Å². The molecule has 1 rings (SSSR count). The second-order valence-electron chi connectivity index (χ2n) is 5.22. The van der Waals surface area contributed by atoms with Crippen LogP contribution in [0.4, 0.5) is 0 Å². The molecular weight excluding hydrogens is 228 g/mol. The molecule has 1 amide bonds. The monoisotopic (exact) mass is 250 g/mol. The minimum absolute atomic E-state index is 0.0930. The van der Waals surface area contributed by atoms with Crippen molar-refractivity contribution < 1.29 is 9.90 Å². The first-order valence-corrected chi connectivity index (χ1v) is 6.16. The first-order valence-electron chi connectivity index (χ1n) is 6.16. The highest BCUT2D eigenvalue weighted by Gasteiger charge is 2.18. The zero-order valence-corrected chi connectivity index (χ0v) is 11.1. The SMILES string of the molecule is CC(C)(CCO)CNC(=O)c1ccc(CN)cc1. The Morgan fingerprint density at radius 1 is 1.33 bits per heavy atom. The average molecular weight is 250 g/mol. The van der Waals surface area contributed by atoms with Gasteiger partial charge in [-0.3, -0.25) is 4.79 Å². The second-order valence-corrected chi connectivity index (χ2v) is 5.22. The summed E-state index contributed by atoms with van der Waals surface area (Å²) in [5, 5.41) is 11.8. The van der Waals surface area contributed by atoms with Crippen LogP contribution >= 0.6 is 0 Å². The highest BCUT2D eigenvalue weighted by atomic mass is 16.3. The van der Waals surface area contributed by atoms with E-state index in [-0.39, 0.29) is 17.9 Å². The second kappa shape index (κ2) is 6.52. The standard InChI is InChI=1S/C14H22N2O2/c1-14(2,7-8-17)10-16-13(18)12-5-3-11(9-15)4-6-12/h3-6,17H,7-10,15H2,1-2H3,(H,16,18). The molecule has 1 aromatic rings. The summed E-state index contributed by atoms with van der Waals surface area (Å²) in [5.74, 6) is -0.0930. The first-order chi connectivity index (χ1) is 8.48. The van der Waals surface area contributed by atoms with Gasteiger partial charge in [-0.05, 0) is 29.5 Å². The van der Waals surface area contributed by atoms with Gasteiger partial charge in [0.15, 0.2) is 0 Å². The van der Waals surface area contributed by atoms with Crippen molar-refractivity contribution in [1.82, 2.24) is 5.32 Å². The van der Waals surface area contributed by atoms with Crippen LogP contribution < -0.4 is 11.1 Å². The third-order valence-electron chi connectivity index (χ3n) is 2.97. The number of aliphatic hydroxyl groups is 1. The van der Waals surface area contributed by atoms with Crippen LogP contribution in [0.25, 0.3) is 0 Å². The van der Waals surface area contributed by atoms with Crippen LogP contribution in [0.1, 0.15) is 36.2 Å². The van der Waals surface area contributed by atoms with E-state index in [1.54, 1.807) is 12.1 Å². The van der Waals surface area contributed by atoms with E-state index in [0.29, 0.717) is 25.1 Å². The molecule has 0 saturated carbocycles. The molecule has 100 valence electrons.